The molecule has 2 N–H and O–H groups in total. The summed E-state index contributed by atoms with van der Waals surface area (Å²) in [7, 11) is 3.58. The van der Waals surface area contributed by atoms with Crippen molar-refractivity contribution in [2.75, 3.05) is 20.6 Å². The van der Waals surface area contributed by atoms with Crippen LogP contribution in [-0.2, 0) is 9.59 Å². The van der Waals surface area contributed by atoms with Gasteiger partial charge in [0.1, 0.15) is 11.5 Å². The number of carbonyl (C=O) groups is 2. The molecule has 0 heterocycles. The number of likely N-dealkylation sites (N-methyl/N-ethyl adjacent to an activating group) is 1. The van der Waals surface area contributed by atoms with Crippen LogP contribution in [0.1, 0.15) is 13.8 Å². The Morgan fingerprint density at radius 2 is 1.78 bits per heavy atom. The second-order valence-corrected chi connectivity index (χ2v) is 3.97. The number of aliphatic carboxylic acids is 1. The maximum absolute atomic E-state index is 11.1. The van der Waals surface area contributed by atoms with Crippen LogP contribution in [0.15, 0.2) is 28.1 Å². The van der Waals surface area contributed by atoms with Crippen LogP contribution in [0.4, 0.5) is 0 Å². The summed E-state index contributed by atoms with van der Waals surface area (Å²) in [6.07, 6.45) is 2.48. The second-order valence-electron chi connectivity index (χ2n) is 3.97. The molecule has 0 amide bonds. The van der Waals surface area contributed by atoms with Crippen LogP contribution in [0.25, 0.3) is 0 Å². The van der Waals surface area contributed by atoms with Crippen LogP contribution in [0.5, 0.6) is 0 Å². The number of hydrogen-bond donors (Lipinski definition) is 2. The largest absolute Gasteiger partial charge is 0.512 e. The molecule has 0 aliphatic carbocycles. The maximum Gasteiger partial charge on any atom is 0.354 e. The highest BCUT2D eigenvalue weighted by molar-refractivity contribution is 6.13. The van der Waals surface area contributed by atoms with Crippen LogP contribution < -0.4 is 0 Å². The molecule has 0 saturated heterocycles. The lowest BCUT2D eigenvalue weighted by Gasteiger charge is -2.05. The third kappa shape index (κ3) is 5.95. The Hall–Kier alpha value is -1.95. The standard InChI is InChI=1S/C12H18N2O4/c1-8(15)10(9(2)16)7-13-11(12(17)18)5-6-14(3)4/h5,7,15H,6H2,1-4H3,(H,17,18). The summed E-state index contributed by atoms with van der Waals surface area (Å²) in [5.41, 5.74) is -0.185. The summed E-state index contributed by atoms with van der Waals surface area (Å²) in [5, 5.41) is 18.2. The third-order valence-corrected chi connectivity index (χ3v) is 1.97. The number of aliphatic hydroxyl groups excluding tert-OH is 1. The number of aliphatic hydroxyl groups is 1. The summed E-state index contributed by atoms with van der Waals surface area (Å²) in [6.45, 7) is 3.02. The van der Waals surface area contributed by atoms with E-state index >= 15 is 0 Å². The lowest BCUT2D eigenvalue weighted by Crippen LogP contribution is -2.12. The number of ketones is 1. The van der Waals surface area contributed by atoms with Gasteiger partial charge in [-0.1, -0.05) is 0 Å². The quantitative estimate of drug-likeness (QED) is 0.419. The average molecular weight is 254 g/mol. The van der Waals surface area contributed by atoms with E-state index in [1.165, 1.54) is 19.9 Å². The molecule has 0 unspecified atom stereocenters. The van der Waals surface area contributed by atoms with Gasteiger partial charge in [0, 0.05) is 12.8 Å². The minimum Gasteiger partial charge on any atom is -0.512 e. The number of nitrogens with zero attached hydrogens (tertiary/aromatic N) is 2. The molecule has 18 heavy (non-hydrogen) atoms. The Labute approximate surface area is 106 Å². The summed E-state index contributed by atoms with van der Waals surface area (Å²) in [6, 6.07) is 0. The Kier molecular flexibility index (Phi) is 6.59. The molecule has 0 rings (SSSR count). The molecule has 6 nitrogen and oxygen atoms in total. The molecule has 0 fully saturated rings. The Bertz CT molecular complexity index is 416. The van der Waals surface area contributed by atoms with E-state index in [1.807, 2.05) is 0 Å². The van der Waals surface area contributed by atoms with Crippen LogP contribution >= 0.6 is 0 Å². The SMILES string of the molecule is CC(=O)C(C=NC(=CCN(C)C)C(=O)O)=C(C)O. The molecule has 0 aromatic heterocycles. The molecule has 100 valence electrons. The fraction of sp³-hybridized carbons (Fsp3) is 0.417. The van der Waals surface area contributed by atoms with E-state index in [4.69, 9.17) is 5.11 Å². The molecule has 6 heteroatoms. The number of carboxylic acid groups (broad SMARTS) is 1. The van der Waals surface area contributed by atoms with Gasteiger partial charge in [0.05, 0.1) is 5.57 Å². The van der Waals surface area contributed by atoms with Gasteiger partial charge in [-0.2, -0.15) is 0 Å². The van der Waals surface area contributed by atoms with E-state index < -0.39 is 5.97 Å². The van der Waals surface area contributed by atoms with E-state index in [0.717, 1.165) is 6.21 Å². The summed E-state index contributed by atoms with van der Waals surface area (Å²) in [5.74, 6) is -1.76. The summed E-state index contributed by atoms with van der Waals surface area (Å²) in [4.78, 5) is 27.5. The lowest BCUT2D eigenvalue weighted by molar-refractivity contribution is -0.132. The first-order valence-electron chi connectivity index (χ1n) is 5.28. The van der Waals surface area contributed by atoms with Gasteiger partial charge in [0.15, 0.2) is 5.78 Å². The highest BCUT2D eigenvalue weighted by Gasteiger charge is 2.08. The van der Waals surface area contributed by atoms with Crippen molar-refractivity contribution >= 4 is 18.0 Å². The van der Waals surface area contributed by atoms with Gasteiger partial charge in [0.2, 0.25) is 0 Å². The van der Waals surface area contributed by atoms with Crippen molar-refractivity contribution in [2.45, 2.75) is 13.8 Å². The predicted octanol–water partition coefficient (Wildman–Crippen LogP) is 1.01. The van der Waals surface area contributed by atoms with Crippen molar-refractivity contribution in [1.29, 1.82) is 0 Å². The second kappa shape index (κ2) is 7.39. The minimum atomic E-state index is -1.19. The molecule has 0 saturated carbocycles. The van der Waals surface area contributed by atoms with E-state index in [9.17, 15) is 14.7 Å². The fourth-order valence-electron chi connectivity index (χ4n) is 1.04. The first kappa shape index (κ1) is 16.1. The average Bonchev–Trinajstić information content (AvgIpc) is 2.20. The number of carbonyl (C=O) groups excluding carboxylic acids is 1. The van der Waals surface area contributed by atoms with Crippen molar-refractivity contribution in [3.63, 3.8) is 0 Å². The number of aliphatic imine (C=N–C) groups is 1. The van der Waals surface area contributed by atoms with Gasteiger partial charge >= 0.3 is 5.97 Å². The number of hydrogen-bond acceptors (Lipinski definition) is 5. The zero-order valence-corrected chi connectivity index (χ0v) is 11.0. The Morgan fingerprint density at radius 3 is 2.11 bits per heavy atom. The van der Waals surface area contributed by atoms with Crippen molar-refractivity contribution in [2.24, 2.45) is 4.99 Å². The van der Waals surface area contributed by atoms with Gasteiger partial charge in [0.25, 0.3) is 0 Å². The van der Waals surface area contributed by atoms with Crippen LogP contribution in [-0.4, -0.2) is 53.7 Å². The maximum atomic E-state index is 11.1. The van der Waals surface area contributed by atoms with E-state index in [2.05, 4.69) is 4.99 Å². The summed E-state index contributed by atoms with van der Waals surface area (Å²) < 4.78 is 0. The van der Waals surface area contributed by atoms with Crippen molar-refractivity contribution < 1.29 is 19.8 Å². The number of rotatable bonds is 6. The zero-order valence-electron chi connectivity index (χ0n) is 11.0. The van der Waals surface area contributed by atoms with Crippen LogP contribution in [0.2, 0.25) is 0 Å². The van der Waals surface area contributed by atoms with Gasteiger partial charge in [-0.25, -0.2) is 9.79 Å². The van der Waals surface area contributed by atoms with Gasteiger partial charge < -0.3 is 15.1 Å². The van der Waals surface area contributed by atoms with Gasteiger partial charge in [-0.3, -0.25) is 4.79 Å². The molecule has 0 aliphatic rings. The van der Waals surface area contributed by atoms with Crippen LogP contribution in [0.3, 0.4) is 0 Å². The van der Waals surface area contributed by atoms with E-state index in [-0.39, 0.29) is 22.8 Å². The minimum absolute atomic E-state index is 0.00740. The van der Waals surface area contributed by atoms with Crippen molar-refractivity contribution in [1.82, 2.24) is 4.90 Å². The number of carboxylic acids is 1. The normalized spacial score (nSPS) is 13.9. The summed E-state index contributed by atoms with van der Waals surface area (Å²) >= 11 is 0. The fourth-order valence-corrected chi connectivity index (χ4v) is 1.04. The zero-order chi connectivity index (χ0) is 14.3. The predicted molar refractivity (Wildman–Crippen MR) is 68.8 cm³/mol. The third-order valence-electron chi connectivity index (χ3n) is 1.97. The molecular formula is C12H18N2O4. The molecule has 0 radical (unpaired) electrons. The van der Waals surface area contributed by atoms with Crippen LogP contribution in [0, 0.1) is 0 Å². The molecule has 0 aromatic rings. The van der Waals surface area contributed by atoms with Gasteiger partial charge in [-0.15, -0.1) is 0 Å². The highest BCUT2D eigenvalue weighted by Crippen LogP contribution is 2.03. The Morgan fingerprint density at radius 1 is 1.22 bits per heavy atom. The first-order chi connectivity index (χ1) is 8.25. The number of allylic oxidation sites excluding steroid dienone is 2. The van der Waals surface area contributed by atoms with E-state index in [0.29, 0.717) is 6.54 Å². The highest BCUT2D eigenvalue weighted by atomic mass is 16.4. The van der Waals surface area contributed by atoms with Gasteiger partial charge in [-0.05, 0) is 34.0 Å². The molecule has 0 atom stereocenters. The lowest BCUT2D eigenvalue weighted by atomic mass is 10.2. The molecule has 0 spiro atoms. The number of Topliss-reactive ketones (excluding diaryl/α,β-unsaturated/α-hetero) is 1. The van der Waals surface area contributed by atoms with E-state index in [1.54, 1.807) is 19.0 Å². The molecule has 0 aromatic carbocycles. The van der Waals surface area contributed by atoms with Crippen molar-refractivity contribution in [3.8, 4) is 0 Å². The molecular weight excluding hydrogens is 236 g/mol. The Balaban J connectivity index is 5.11. The molecule has 0 aliphatic heterocycles. The molecule has 0 bridgehead atoms. The van der Waals surface area contributed by atoms with Crippen molar-refractivity contribution in [3.05, 3.63) is 23.1 Å². The topological polar surface area (TPSA) is 90.2 Å². The smallest absolute Gasteiger partial charge is 0.354 e. The monoisotopic (exact) mass is 254 g/mol. The first-order valence-corrected chi connectivity index (χ1v) is 5.28.